The van der Waals surface area contributed by atoms with E-state index in [9.17, 15) is 4.79 Å². The van der Waals surface area contributed by atoms with Crippen molar-refractivity contribution >= 4 is 5.78 Å². The molecular formula is C15H24O. The van der Waals surface area contributed by atoms with E-state index in [1.54, 1.807) is 6.08 Å². The highest BCUT2D eigenvalue weighted by Crippen LogP contribution is 2.44. The van der Waals surface area contributed by atoms with E-state index >= 15 is 0 Å². The summed E-state index contributed by atoms with van der Waals surface area (Å²) in [7, 11) is 0. The Labute approximate surface area is 99.6 Å². The Bertz CT molecular complexity index is 331. The number of allylic oxidation sites excluding steroid dienone is 4. The SMILES string of the molecule is CCC(=O)/C=C/C1=C(C)CCC(C)C1(C)C. The first kappa shape index (κ1) is 13.2. The topological polar surface area (TPSA) is 17.1 Å². The van der Waals surface area contributed by atoms with Crippen LogP contribution in [0.15, 0.2) is 23.3 Å². The van der Waals surface area contributed by atoms with Gasteiger partial charge < -0.3 is 0 Å². The number of rotatable bonds is 3. The van der Waals surface area contributed by atoms with Crippen molar-refractivity contribution < 1.29 is 4.79 Å². The van der Waals surface area contributed by atoms with Gasteiger partial charge in [-0.3, -0.25) is 4.79 Å². The maximum atomic E-state index is 11.3. The molecule has 90 valence electrons. The van der Waals surface area contributed by atoms with Crippen LogP contribution in [0.5, 0.6) is 0 Å². The summed E-state index contributed by atoms with van der Waals surface area (Å²) in [6, 6.07) is 0. The standard InChI is InChI=1S/C15H24O/c1-6-13(16)9-10-14-11(2)7-8-12(3)15(14,4)5/h9-10,12H,6-8H2,1-5H3/b10-9+. The fourth-order valence-corrected chi connectivity index (χ4v) is 2.40. The van der Waals surface area contributed by atoms with Crippen LogP contribution in [-0.2, 0) is 4.79 Å². The monoisotopic (exact) mass is 220 g/mol. The van der Waals surface area contributed by atoms with E-state index in [1.165, 1.54) is 24.0 Å². The average molecular weight is 220 g/mol. The Morgan fingerprint density at radius 3 is 2.69 bits per heavy atom. The lowest BCUT2D eigenvalue weighted by Gasteiger charge is -2.39. The molecule has 1 unspecified atom stereocenters. The van der Waals surface area contributed by atoms with Crippen LogP contribution in [0.2, 0.25) is 0 Å². The quantitative estimate of drug-likeness (QED) is 0.648. The highest BCUT2D eigenvalue weighted by molar-refractivity contribution is 5.89. The van der Waals surface area contributed by atoms with Gasteiger partial charge in [0.25, 0.3) is 0 Å². The van der Waals surface area contributed by atoms with Gasteiger partial charge in [0, 0.05) is 6.42 Å². The van der Waals surface area contributed by atoms with Crippen molar-refractivity contribution in [1.29, 1.82) is 0 Å². The normalized spacial score (nSPS) is 25.2. The Hall–Kier alpha value is -0.850. The molecule has 16 heavy (non-hydrogen) atoms. The van der Waals surface area contributed by atoms with Crippen LogP contribution in [0.25, 0.3) is 0 Å². The summed E-state index contributed by atoms with van der Waals surface area (Å²) in [4.78, 5) is 11.3. The summed E-state index contributed by atoms with van der Waals surface area (Å²) in [5.41, 5.74) is 3.02. The van der Waals surface area contributed by atoms with Crippen LogP contribution < -0.4 is 0 Å². The predicted molar refractivity (Wildman–Crippen MR) is 69.3 cm³/mol. The van der Waals surface area contributed by atoms with Crippen LogP contribution >= 0.6 is 0 Å². The molecule has 0 aromatic carbocycles. The number of hydrogen-bond acceptors (Lipinski definition) is 1. The largest absolute Gasteiger partial charge is 0.295 e. The van der Waals surface area contributed by atoms with Crippen molar-refractivity contribution in [2.45, 2.75) is 53.9 Å². The van der Waals surface area contributed by atoms with E-state index in [2.05, 4.69) is 33.8 Å². The molecule has 0 amide bonds. The molecule has 1 atom stereocenters. The zero-order chi connectivity index (χ0) is 12.3. The minimum atomic E-state index is 0.201. The van der Waals surface area contributed by atoms with E-state index in [4.69, 9.17) is 0 Å². The van der Waals surface area contributed by atoms with E-state index in [0.29, 0.717) is 12.3 Å². The third-order valence-corrected chi connectivity index (χ3v) is 4.12. The van der Waals surface area contributed by atoms with Gasteiger partial charge >= 0.3 is 0 Å². The summed E-state index contributed by atoms with van der Waals surface area (Å²) < 4.78 is 0. The van der Waals surface area contributed by atoms with Crippen molar-refractivity contribution in [2.24, 2.45) is 11.3 Å². The van der Waals surface area contributed by atoms with Gasteiger partial charge in [-0.15, -0.1) is 0 Å². The maximum absolute atomic E-state index is 11.3. The second-order valence-electron chi connectivity index (χ2n) is 5.51. The second kappa shape index (κ2) is 4.99. The van der Waals surface area contributed by atoms with Crippen LogP contribution in [0.3, 0.4) is 0 Å². The summed E-state index contributed by atoms with van der Waals surface area (Å²) in [5.74, 6) is 0.905. The fourth-order valence-electron chi connectivity index (χ4n) is 2.40. The fraction of sp³-hybridized carbons (Fsp3) is 0.667. The van der Waals surface area contributed by atoms with Gasteiger partial charge in [-0.1, -0.05) is 39.3 Å². The second-order valence-corrected chi connectivity index (χ2v) is 5.51. The van der Waals surface area contributed by atoms with Gasteiger partial charge in [0.15, 0.2) is 5.78 Å². The van der Waals surface area contributed by atoms with Crippen LogP contribution in [0, 0.1) is 11.3 Å². The Balaban J connectivity index is 2.99. The third-order valence-electron chi connectivity index (χ3n) is 4.12. The minimum absolute atomic E-state index is 0.201. The predicted octanol–water partition coefficient (Wildman–Crippen LogP) is 4.29. The molecule has 1 aliphatic carbocycles. The Morgan fingerprint density at radius 1 is 1.50 bits per heavy atom. The molecule has 1 aliphatic rings. The molecule has 0 saturated carbocycles. The number of carbonyl (C=O) groups excluding carboxylic acids is 1. The average Bonchev–Trinajstić information content (AvgIpc) is 2.23. The molecule has 0 fully saturated rings. The number of hydrogen-bond donors (Lipinski definition) is 0. The summed E-state index contributed by atoms with van der Waals surface area (Å²) >= 11 is 0. The van der Waals surface area contributed by atoms with E-state index in [1.807, 2.05) is 6.92 Å². The van der Waals surface area contributed by atoms with Gasteiger partial charge in [0.05, 0.1) is 0 Å². The van der Waals surface area contributed by atoms with E-state index < -0.39 is 0 Å². The number of ketones is 1. The molecule has 0 heterocycles. The molecule has 0 bridgehead atoms. The molecule has 1 heteroatoms. The van der Waals surface area contributed by atoms with E-state index in [-0.39, 0.29) is 11.2 Å². The zero-order valence-electron chi connectivity index (χ0n) is 11.3. The Kier molecular flexibility index (Phi) is 4.12. The van der Waals surface area contributed by atoms with Crippen molar-refractivity contribution in [2.75, 3.05) is 0 Å². The number of carbonyl (C=O) groups is 1. The summed E-state index contributed by atoms with van der Waals surface area (Å²) in [5, 5.41) is 0. The highest BCUT2D eigenvalue weighted by atomic mass is 16.1. The minimum Gasteiger partial charge on any atom is -0.295 e. The van der Waals surface area contributed by atoms with Crippen molar-refractivity contribution in [3.05, 3.63) is 23.3 Å². The molecule has 0 spiro atoms. The molecule has 0 aromatic rings. The van der Waals surface area contributed by atoms with Gasteiger partial charge in [0.1, 0.15) is 0 Å². The lowest BCUT2D eigenvalue weighted by Crippen LogP contribution is -2.28. The smallest absolute Gasteiger partial charge is 0.155 e. The molecule has 0 saturated heterocycles. The van der Waals surface area contributed by atoms with Gasteiger partial charge in [-0.25, -0.2) is 0 Å². The van der Waals surface area contributed by atoms with Gasteiger partial charge in [-0.05, 0) is 42.7 Å². The van der Waals surface area contributed by atoms with Crippen LogP contribution in [-0.4, -0.2) is 5.78 Å². The molecule has 0 N–H and O–H groups in total. The maximum Gasteiger partial charge on any atom is 0.155 e. The van der Waals surface area contributed by atoms with Gasteiger partial charge in [0.2, 0.25) is 0 Å². The molecule has 0 aromatic heterocycles. The van der Waals surface area contributed by atoms with Crippen molar-refractivity contribution in [3.8, 4) is 0 Å². The first-order chi connectivity index (χ1) is 7.39. The first-order valence-corrected chi connectivity index (χ1v) is 6.30. The van der Waals surface area contributed by atoms with Crippen LogP contribution in [0.4, 0.5) is 0 Å². The molecular weight excluding hydrogens is 196 g/mol. The lowest BCUT2D eigenvalue weighted by molar-refractivity contribution is -0.114. The van der Waals surface area contributed by atoms with Crippen molar-refractivity contribution in [3.63, 3.8) is 0 Å². The van der Waals surface area contributed by atoms with Crippen LogP contribution in [0.1, 0.15) is 53.9 Å². The highest BCUT2D eigenvalue weighted by Gasteiger charge is 2.33. The van der Waals surface area contributed by atoms with E-state index in [0.717, 1.165) is 0 Å². The Morgan fingerprint density at radius 2 is 2.12 bits per heavy atom. The van der Waals surface area contributed by atoms with Gasteiger partial charge in [-0.2, -0.15) is 0 Å². The lowest BCUT2D eigenvalue weighted by atomic mass is 9.66. The van der Waals surface area contributed by atoms with Crippen molar-refractivity contribution in [1.82, 2.24) is 0 Å². The first-order valence-electron chi connectivity index (χ1n) is 6.30. The summed E-state index contributed by atoms with van der Waals surface area (Å²) in [6.45, 7) is 11.0. The molecule has 0 aliphatic heterocycles. The third kappa shape index (κ3) is 2.63. The molecule has 0 radical (unpaired) electrons. The zero-order valence-corrected chi connectivity index (χ0v) is 11.3. The summed E-state index contributed by atoms with van der Waals surface area (Å²) in [6.07, 6.45) is 6.83. The molecule has 1 rings (SSSR count). The molecule has 1 nitrogen and oxygen atoms in total.